The molecule has 27 heavy (non-hydrogen) atoms. The van der Waals surface area contributed by atoms with E-state index in [2.05, 4.69) is 37.8 Å². The van der Waals surface area contributed by atoms with Crippen LogP contribution in [0.3, 0.4) is 0 Å². The molecular weight excluding hydrogens is 338 g/mol. The highest BCUT2D eigenvalue weighted by molar-refractivity contribution is 5.83. The van der Waals surface area contributed by atoms with Crippen molar-refractivity contribution in [2.45, 2.75) is 70.7 Å². The summed E-state index contributed by atoms with van der Waals surface area (Å²) in [5.41, 5.74) is 2.51. The van der Waals surface area contributed by atoms with Crippen molar-refractivity contribution in [2.75, 3.05) is 7.11 Å². The molecule has 2 aliphatic heterocycles. The topological polar surface area (TPSA) is 38.8 Å². The number of hydrogen-bond donors (Lipinski definition) is 0. The number of methoxy groups -OCH3 is 1. The molecule has 0 bridgehead atoms. The van der Waals surface area contributed by atoms with Gasteiger partial charge in [0, 0.05) is 23.3 Å². The van der Waals surface area contributed by atoms with Gasteiger partial charge in [-0.05, 0) is 68.7 Å². The second-order valence-corrected chi connectivity index (χ2v) is 9.76. The molecule has 0 unspecified atom stereocenters. The Kier molecular flexibility index (Phi) is 3.88. The molecule has 0 aromatic heterocycles. The number of carbonyl (C=O) groups is 1. The molecule has 1 aromatic carbocycles. The van der Waals surface area contributed by atoms with Crippen molar-refractivity contribution in [1.29, 1.82) is 0 Å². The maximum atomic E-state index is 13.5. The van der Waals surface area contributed by atoms with E-state index in [4.69, 9.17) is 9.47 Å². The predicted molar refractivity (Wildman–Crippen MR) is 103 cm³/mol. The zero-order valence-corrected chi connectivity index (χ0v) is 16.9. The zero-order valence-electron chi connectivity index (χ0n) is 16.9. The van der Waals surface area contributed by atoms with Crippen LogP contribution in [0.2, 0.25) is 0 Å². The Morgan fingerprint density at radius 1 is 1.19 bits per heavy atom. The number of amides is 1. The maximum absolute atomic E-state index is 13.5. The average Bonchev–Trinajstić information content (AvgIpc) is 2.91. The molecule has 1 saturated carbocycles. The van der Waals surface area contributed by atoms with Crippen LogP contribution in [0, 0.1) is 23.7 Å². The summed E-state index contributed by atoms with van der Waals surface area (Å²) in [6.07, 6.45) is 5.54. The molecule has 0 radical (unpaired) electrons. The van der Waals surface area contributed by atoms with Crippen LogP contribution in [0.25, 0.3) is 0 Å². The van der Waals surface area contributed by atoms with Gasteiger partial charge in [0.15, 0.2) is 0 Å². The van der Waals surface area contributed by atoms with Crippen molar-refractivity contribution in [3.05, 3.63) is 29.3 Å². The second kappa shape index (κ2) is 5.97. The third-order valence-electron chi connectivity index (χ3n) is 7.90. The van der Waals surface area contributed by atoms with E-state index in [-0.39, 0.29) is 23.6 Å². The molecule has 0 N–H and O–H groups in total. The Morgan fingerprint density at radius 2 is 2.00 bits per heavy atom. The molecule has 5 rings (SSSR count). The minimum absolute atomic E-state index is 0.0476. The highest BCUT2D eigenvalue weighted by atomic mass is 16.5. The van der Waals surface area contributed by atoms with Gasteiger partial charge in [0.1, 0.15) is 12.0 Å². The SMILES string of the molecule is COc1ccc2c(c1)C[C@H]1C(=O)N3[C@@H](O[C@@H]4C[C@H](C)CC[C@H]4C3(C)C)[C@@H]1C2. The number of hydrogen-bond acceptors (Lipinski definition) is 3. The molecule has 2 aliphatic carbocycles. The third-order valence-corrected chi connectivity index (χ3v) is 7.90. The highest BCUT2D eigenvalue weighted by Crippen LogP contribution is 2.52. The lowest BCUT2D eigenvalue weighted by Gasteiger charge is -2.56. The summed E-state index contributed by atoms with van der Waals surface area (Å²) in [5.74, 6) is 2.69. The first-order valence-electron chi connectivity index (χ1n) is 10.5. The van der Waals surface area contributed by atoms with E-state index in [0.29, 0.717) is 17.9 Å². The Bertz CT molecular complexity index is 773. The first-order chi connectivity index (χ1) is 12.9. The van der Waals surface area contributed by atoms with Crippen LogP contribution in [-0.2, 0) is 22.4 Å². The van der Waals surface area contributed by atoms with E-state index in [1.54, 1.807) is 7.11 Å². The van der Waals surface area contributed by atoms with Gasteiger partial charge in [0.25, 0.3) is 0 Å². The molecule has 0 spiro atoms. The van der Waals surface area contributed by atoms with Crippen molar-refractivity contribution < 1.29 is 14.3 Å². The molecule has 6 atom stereocenters. The molecule has 1 aromatic rings. The van der Waals surface area contributed by atoms with Crippen LogP contribution in [0.15, 0.2) is 18.2 Å². The Labute approximate surface area is 162 Å². The van der Waals surface area contributed by atoms with Crippen molar-refractivity contribution in [3.8, 4) is 5.75 Å². The van der Waals surface area contributed by atoms with E-state index >= 15 is 0 Å². The standard InChI is InChI=1S/C23H31NO3/c1-13-5-8-19-20(9-13)27-22-18-11-14-6-7-16(26-4)10-15(14)12-17(18)21(25)24(22)23(19,2)3/h6-7,10,13,17-20,22H,5,8-9,11-12H2,1-4H3/t13-,17-,18-,19-,20-,22+/m1/s1. The Hall–Kier alpha value is -1.55. The number of carbonyl (C=O) groups excluding carboxylic acids is 1. The first-order valence-corrected chi connectivity index (χ1v) is 10.5. The lowest BCUT2D eigenvalue weighted by Crippen LogP contribution is -2.64. The summed E-state index contributed by atoms with van der Waals surface area (Å²) >= 11 is 0. The lowest BCUT2D eigenvalue weighted by molar-refractivity contribution is -0.227. The molecule has 4 nitrogen and oxygen atoms in total. The summed E-state index contributed by atoms with van der Waals surface area (Å²) in [7, 11) is 1.70. The van der Waals surface area contributed by atoms with Gasteiger partial charge in [-0.1, -0.05) is 19.4 Å². The molecule has 4 aliphatic rings. The van der Waals surface area contributed by atoms with Gasteiger partial charge >= 0.3 is 0 Å². The largest absolute Gasteiger partial charge is 0.497 e. The van der Waals surface area contributed by atoms with Crippen LogP contribution >= 0.6 is 0 Å². The van der Waals surface area contributed by atoms with Gasteiger partial charge in [0.2, 0.25) is 5.91 Å². The van der Waals surface area contributed by atoms with Gasteiger partial charge in [-0.25, -0.2) is 0 Å². The van der Waals surface area contributed by atoms with Gasteiger partial charge in [0.05, 0.1) is 13.2 Å². The molecule has 2 heterocycles. The normalized spacial score (nSPS) is 39.3. The Balaban J connectivity index is 1.50. The maximum Gasteiger partial charge on any atom is 0.228 e. The monoisotopic (exact) mass is 369 g/mol. The number of ether oxygens (including phenoxy) is 2. The predicted octanol–water partition coefficient (Wildman–Crippen LogP) is 3.81. The fourth-order valence-electron chi connectivity index (χ4n) is 6.39. The summed E-state index contributed by atoms with van der Waals surface area (Å²) < 4.78 is 12.1. The molecular formula is C23H31NO3. The van der Waals surface area contributed by atoms with Crippen molar-refractivity contribution in [2.24, 2.45) is 23.7 Å². The minimum atomic E-state index is -0.119. The Morgan fingerprint density at radius 3 is 2.78 bits per heavy atom. The van der Waals surface area contributed by atoms with Crippen LogP contribution in [0.4, 0.5) is 0 Å². The quantitative estimate of drug-likeness (QED) is 0.756. The molecule has 2 saturated heterocycles. The van der Waals surface area contributed by atoms with E-state index in [1.165, 1.54) is 24.0 Å². The zero-order chi connectivity index (χ0) is 18.9. The number of nitrogens with zero attached hydrogens (tertiary/aromatic N) is 1. The van der Waals surface area contributed by atoms with Crippen molar-refractivity contribution in [3.63, 3.8) is 0 Å². The number of benzene rings is 1. The van der Waals surface area contributed by atoms with Crippen LogP contribution < -0.4 is 4.74 Å². The molecule has 1 amide bonds. The summed E-state index contributed by atoms with van der Waals surface area (Å²) in [6.45, 7) is 6.90. The van der Waals surface area contributed by atoms with Gasteiger partial charge in [-0.2, -0.15) is 0 Å². The second-order valence-electron chi connectivity index (χ2n) is 9.76. The van der Waals surface area contributed by atoms with E-state index in [0.717, 1.165) is 30.9 Å². The molecule has 4 heteroatoms. The summed E-state index contributed by atoms with van der Waals surface area (Å²) in [6, 6.07) is 6.33. The van der Waals surface area contributed by atoms with E-state index < -0.39 is 0 Å². The minimum Gasteiger partial charge on any atom is -0.497 e. The summed E-state index contributed by atoms with van der Waals surface area (Å²) in [4.78, 5) is 15.6. The van der Waals surface area contributed by atoms with Gasteiger partial charge in [-0.15, -0.1) is 0 Å². The lowest BCUT2D eigenvalue weighted by atomic mass is 9.69. The molecule has 3 fully saturated rings. The molecule has 146 valence electrons. The van der Waals surface area contributed by atoms with Gasteiger partial charge in [-0.3, -0.25) is 4.79 Å². The number of fused-ring (bicyclic) bond motifs is 5. The third kappa shape index (κ3) is 2.48. The van der Waals surface area contributed by atoms with E-state index in [1.807, 2.05) is 6.07 Å². The fourth-order valence-corrected chi connectivity index (χ4v) is 6.39. The van der Waals surface area contributed by atoms with E-state index in [9.17, 15) is 4.79 Å². The van der Waals surface area contributed by atoms with Crippen LogP contribution in [0.5, 0.6) is 5.75 Å². The van der Waals surface area contributed by atoms with Crippen molar-refractivity contribution in [1.82, 2.24) is 4.90 Å². The first kappa shape index (κ1) is 17.5. The van der Waals surface area contributed by atoms with Crippen LogP contribution in [-0.4, -0.2) is 35.8 Å². The summed E-state index contributed by atoms with van der Waals surface area (Å²) in [5, 5.41) is 0. The average molecular weight is 370 g/mol. The smallest absolute Gasteiger partial charge is 0.228 e. The van der Waals surface area contributed by atoms with Crippen molar-refractivity contribution >= 4 is 5.91 Å². The number of rotatable bonds is 1. The van der Waals surface area contributed by atoms with Crippen LogP contribution in [0.1, 0.15) is 51.2 Å². The van der Waals surface area contributed by atoms with Gasteiger partial charge < -0.3 is 14.4 Å². The fraction of sp³-hybridized carbons (Fsp3) is 0.696. The highest BCUT2D eigenvalue weighted by Gasteiger charge is 2.61.